The number of tetrazole rings is 1. The minimum atomic E-state index is 0.0864. The number of carbonyl (C=O) groups excluding carboxylic acids is 1. The summed E-state index contributed by atoms with van der Waals surface area (Å²) in [6.45, 7) is 4.27. The normalized spacial score (nSPS) is 10.9. The van der Waals surface area contributed by atoms with Gasteiger partial charge in [-0.3, -0.25) is 4.79 Å². The summed E-state index contributed by atoms with van der Waals surface area (Å²) in [5.74, 6) is 0.904. The van der Waals surface area contributed by atoms with Gasteiger partial charge in [0.05, 0.1) is 5.75 Å². The van der Waals surface area contributed by atoms with E-state index in [1.807, 2.05) is 24.3 Å². The molecule has 0 unspecified atom stereocenters. The van der Waals surface area contributed by atoms with E-state index in [0.717, 1.165) is 5.56 Å². The largest absolute Gasteiger partial charge is 0.293 e. The van der Waals surface area contributed by atoms with Gasteiger partial charge in [-0.25, -0.2) is 4.68 Å². The van der Waals surface area contributed by atoms with Crippen LogP contribution in [0.3, 0.4) is 0 Å². The molecule has 0 saturated carbocycles. The van der Waals surface area contributed by atoms with Crippen LogP contribution >= 0.6 is 11.8 Å². The summed E-state index contributed by atoms with van der Waals surface area (Å²) in [6, 6.07) is 7.78. The van der Waals surface area contributed by atoms with Gasteiger partial charge in [0, 0.05) is 12.6 Å². The van der Waals surface area contributed by atoms with E-state index < -0.39 is 0 Å². The predicted molar refractivity (Wildman–Crippen MR) is 74.4 cm³/mol. The second-order valence-corrected chi connectivity index (χ2v) is 5.52. The Morgan fingerprint density at radius 3 is 2.53 bits per heavy atom. The van der Waals surface area contributed by atoms with Crippen molar-refractivity contribution in [2.75, 3.05) is 5.75 Å². The number of Topliss-reactive ketones (excluding diaryl/α,β-unsaturated/α-hetero) is 1. The maximum Gasteiger partial charge on any atom is 0.209 e. The Kier molecular flexibility index (Phi) is 4.31. The number of hydrogen-bond acceptors (Lipinski definition) is 5. The SMILES string of the molecule is CC(C)c1ccc(C(=O)CSc2nnnn2C)cc1. The van der Waals surface area contributed by atoms with Gasteiger partial charge < -0.3 is 0 Å². The molecule has 1 aromatic carbocycles. The summed E-state index contributed by atoms with van der Waals surface area (Å²) in [4.78, 5) is 12.0. The maximum atomic E-state index is 12.0. The quantitative estimate of drug-likeness (QED) is 0.619. The Morgan fingerprint density at radius 1 is 1.32 bits per heavy atom. The molecule has 0 aliphatic rings. The van der Waals surface area contributed by atoms with E-state index in [2.05, 4.69) is 29.4 Å². The molecule has 0 atom stereocenters. The molecule has 0 N–H and O–H groups in total. The minimum Gasteiger partial charge on any atom is -0.293 e. The average Bonchev–Trinajstić information content (AvgIpc) is 2.81. The number of benzene rings is 1. The Bertz CT molecular complexity index is 562. The van der Waals surface area contributed by atoms with Gasteiger partial charge in [0.1, 0.15) is 0 Å². The lowest BCUT2D eigenvalue weighted by atomic mass is 10.0. The highest BCUT2D eigenvalue weighted by Crippen LogP contribution is 2.18. The number of ketones is 1. The molecule has 2 aromatic rings. The molecule has 6 heteroatoms. The van der Waals surface area contributed by atoms with Gasteiger partial charge in [-0.05, 0) is 21.9 Å². The number of aromatic nitrogens is 4. The van der Waals surface area contributed by atoms with E-state index in [1.54, 1.807) is 11.7 Å². The smallest absolute Gasteiger partial charge is 0.209 e. The Hall–Kier alpha value is -1.69. The summed E-state index contributed by atoms with van der Waals surface area (Å²) in [5.41, 5.74) is 1.97. The van der Waals surface area contributed by atoms with E-state index in [0.29, 0.717) is 16.8 Å². The van der Waals surface area contributed by atoms with Crippen LogP contribution in [0.15, 0.2) is 29.4 Å². The van der Waals surface area contributed by atoms with Gasteiger partial charge in [0.25, 0.3) is 0 Å². The Balaban J connectivity index is 1.98. The van der Waals surface area contributed by atoms with Gasteiger partial charge in [-0.2, -0.15) is 0 Å². The molecule has 19 heavy (non-hydrogen) atoms. The number of thioether (sulfide) groups is 1. The zero-order chi connectivity index (χ0) is 13.8. The molecule has 0 spiro atoms. The molecule has 2 rings (SSSR count). The Labute approximate surface area is 116 Å². The lowest BCUT2D eigenvalue weighted by molar-refractivity contribution is 0.102. The molecule has 0 aliphatic heterocycles. The van der Waals surface area contributed by atoms with Crippen molar-refractivity contribution >= 4 is 17.5 Å². The van der Waals surface area contributed by atoms with Gasteiger partial charge in [-0.15, -0.1) is 5.10 Å². The maximum absolute atomic E-state index is 12.0. The molecule has 0 aliphatic carbocycles. The number of aryl methyl sites for hydroxylation is 1. The zero-order valence-corrected chi connectivity index (χ0v) is 12.0. The Morgan fingerprint density at radius 2 is 2.00 bits per heavy atom. The van der Waals surface area contributed by atoms with Crippen molar-refractivity contribution in [2.45, 2.75) is 24.9 Å². The highest BCUT2D eigenvalue weighted by atomic mass is 32.2. The van der Waals surface area contributed by atoms with Crippen LogP contribution in [-0.2, 0) is 7.05 Å². The van der Waals surface area contributed by atoms with Gasteiger partial charge in [0.2, 0.25) is 5.16 Å². The van der Waals surface area contributed by atoms with Crippen molar-refractivity contribution in [2.24, 2.45) is 7.05 Å². The lowest BCUT2D eigenvalue weighted by Crippen LogP contribution is -2.04. The van der Waals surface area contributed by atoms with Crippen LogP contribution in [-0.4, -0.2) is 31.7 Å². The van der Waals surface area contributed by atoms with Crippen LogP contribution in [0.1, 0.15) is 35.7 Å². The molecule has 0 saturated heterocycles. The molecule has 1 heterocycles. The van der Waals surface area contributed by atoms with E-state index in [9.17, 15) is 4.79 Å². The van der Waals surface area contributed by atoms with Crippen molar-refractivity contribution in [3.63, 3.8) is 0 Å². The van der Waals surface area contributed by atoms with Gasteiger partial charge in [0.15, 0.2) is 5.78 Å². The molecule has 1 aromatic heterocycles. The van der Waals surface area contributed by atoms with E-state index in [-0.39, 0.29) is 5.78 Å². The van der Waals surface area contributed by atoms with Crippen molar-refractivity contribution in [1.29, 1.82) is 0 Å². The summed E-state index contributed by atoms with van der Waals surface area (Å²) in [7, 11) is 1.75. The van der Waals surface area contributed by atoms with Crippen LogP contribution < -0.4 is 0 Å². The zero-order valence-electron chi connectivity index (χ0n) is 11.2. The average molecular weight is 276 g/mol. The van der Waals surface area contributed by atoms with Crippen LogP contribution in [0.2, 0.25) is 0 Å². The second-order valence-electron chi connectivity index (χ2n) is 4.57. The van der Waals surface area contributed by atoms with Crippen LogP contribution in [0.5, 0.6) is 0 Å². The first-order valence-electron chi connectivity index (χ1n) is 6.06. The third-order valence-electron chi connectivity index (χ3n) is 2.81. The van der Waals surface area contributed by atoms with E-state index in [1.165, 1.54) is 17.3 Å². The highest BCUT2D eigenvalue weighted by molar-refractivity contribution is 7.99. The molecule has 5 nitrogen and oxygen atoms in total. The fraction of sp³-hybridized carbons (Fsp3) is 0.385. The minimum absolute atomic E-state index is 0.0864. The van der Waals surface area contributed by atoms with Gasteiger partial charge in [-0.1, -0.05) is 49.9 Å². The topological polar surface area (TPSA) is 60.7 Å². The standard InChI is InChI=1S/C13H16N4OS/c1-9(2)10-4-6-11(7-5-10)12(18)8-19-13-14-15-16-17(13)3/h4-7,9H,8H2,1-3H3. The monoisotopic (exact) mass is 276 g/mol. The first-order chi connectivity index (χ1) is 9.08. The number of hydrogen-bond donors (Lipinski definition) is 0. The summed E-state index contributed by atoms with van der Waals surface area (Å²) >= 11 is 1.34. The van der Waals surface area contributed by atoms with Crippen LogP contribution in [0, 0.1) is 0 Å². The van der Waals surface area contributed by atoms with Crippen molar-refractivity contribution in [1.82, 2.24) is 20.2 Å². The highest BCUT2D eigenvalue weighted by Gasteiger charge is 2.10. The first kappa shape index (κ1) is 13.7. The summed E-state index contributed by atoms with van der Waals surface area (Å²) < 4.78 is 1.56. The molecular formula is C13H16N4OS. The second kappa shape index (κ2) is 5.97. The summed E-state index contributed by atoms with van der Waals surface area (Å²) in [6.07, 6.45) is 0. The fourth-order valence-electron chi connectivity index (χ4n) is 1.61. The number of nitrogens with zero attached hydrogens (tertiary/aromatic N) is 4. The predicted octanol–water partition coefficient (Wildman–Crippen LogP) is 2.31. The number of carbonyl (C=O) groups is 1. The molecule has 0 bridgehead atoms. The van der Waals surface area contributed by atoms with E-state index in [4.69, 9.17) is 0 Å². The summed E-state index contributed by atoms with van der Waals surface area (Å²) in [5, 5.41) is 11.7. The molecular weight excluding hydrogens is 260 g/mol. The van der Waals surface area contributed by atoms with E-state index >= 15 is 0 Å². The number of rotatable bonds is 5. The lowest BCUT2D eigenvalue weighted by Gasteiger charge is -2.06. The van der Waals surface area contributed by atoms with Crippen LogP contribution in [0.4, 0.5) is 0 Å². The fourth-order valence-corrected chi connectivity index (χ4v) is 2.36. The van der Waals surface area contributed by atoms with Crippen molar-refractivity contribution in [3.05, 3.63) is 35.4 Å². The molecule has 0 fully saturated rings. The van der Waals surface area contributed by atoms with Crippen molar-refractivity contribution in [3.8, 4) is 0 Å². The first-order valence-corrected chi connectivity index (χ1v) is 7.05. The molecule has 0 amide bonds. The molecule has 0 radical (unpaired) electrons. The third-order valence-corrected chi connectivity index (χ3v) is 3.82. The van der Waals surface area contributed by atoms with Crippen molar-refractivity contribution < 1.29 is 4.79 Å². The molecule has 100 valence electrons. The third kappa shape index (κ3) is 3.41. The van der Waals surface area contributed by atoms with Crippen LogP contribution in [0.25, 0.3) is 0 Å². The van der Waals surface area contributed by atoms with Gasteiger partial charge >= 0.3 is 0 Å².